The molecule has 26 heavy (non-hydrogen) atoms. The molecule has 0 atom stereocenters. The molecule has 3 heterocycles. The molecule has 0 aliphatic rings. The first-order valence-electron chi connectivity index (χ1n) is 8.11. The van der Waals surface area contributed by atoms with Crippen molar-refractivity contribution in [1.82, 2.24) is 19.6 Å². The van der Waals surface area contributed by atoms with Gasteiger partial charge in [0.1, 0.15) is 0 Å². The fraction of sp³-hybridized carbons (Fsp3) is 0.0526. The van der Waals surface area contributed by atoms with E-state index < -0.39 is 0 Å². The maximum atomic E-state index is 6.12. The molecule has 0 amide bonds. The molecule has 0 saturated carbocycles. The fourth-order valence-corrected chi connectivity index (χ4v) is 2.63. The van der Waals surface area contributed by atoms with E-state index in [9.17, 15) is 0 Å². The van der Waals surface area contributed by atoms with Crippen molar-refractivity contribution in [3.63, 3.8) is 0 Å². The molecule has 4 aromatic rings. The highest BCUT2D eigenvalue weighted by molar-refractivity contribution is 5.80. The Bertz CT molecular complexity index is 1080. The Morgan fingerprint density at radius 1 is 1.19 bits per heavy atom. The van der Waals surface area contributed by atoms with E-state index in [2.05, 4.69) is 25.6 Å². The zero-order valence-electron chi connectivity index (χ0n) is 14.2. The van der Waals surface area contributed by atoms with Gasteiger partial charge in [0.25, 0.3) is 0 Å². The summed E-state index contributed by atoms with van der Waals surface area (Å²) in [4.78, 5) is 8.64. The Balaban J connectivity index is 1.60. The van der Waals surface area contributed by atoms with Crippen molar-refractivity contribution in [1.29, 1.82) is 0 Å². The van der Waals surface area contributed by atoms with Crippen LogP contribution in [0.15, 0.2) is 66.2 Å². The molecular weight excluding hydrogens is 326 g/mol. The number of nitrogens with zero attached hydrogens (tertiary/aromatic N) is 5. The molecular formula is C19H17N7. The van der Waals surface area contributed by atoms with E-state index >= 15 is 0 Å². The number of benzene rings is 1. The van der Waals surface area contributed by atoms with Crippen LogP contribution in [0.5, 0.6) is 0 Å². The van der Waals surface area contributed by atoms with Crippen molar-refractivity contribution in [2.24, 2.45) is 5.10 Å². The number of rotatable bonds is 4. The number of nitrogen functional groups attached to an aromatic ring is 1. The summed E-state index contributed by atoms with van der Waals surface area (Å²) in [7, 11) is 0. The first-order valence-corrected chi connectivity index (χ1v) is 8.11. The standard InChI is InChI=1S/C19H17N7/c1-13-4-2-5-14(8-13)10-22-24-18-9-16(20)19-23-17(12-26(19)25-18)15-6-3-7-21-11-15/h2-12H,20H2,1H3,(H,24,25)/b22-10+. The van der Waals surface area contributed by atoms with E-state index in [0.717, 1.165) is 16.8 Å². The van der Waals surface area contributed by atoms with Crippen LogP contribution in [0.1, 0.15) is 11.1 Å². The van der Waals surface area contributed by atoms with E-state index in [-0.39, 0.29) is 0 Å². The quantitative estimate of drug-likeness (QED) is 0.438. The number of anilines is 2. The van der Waals surface area contributed by atoms with Crippen molar-refractivity contribution in [3.8, 4) is 11.3 Å². The zero-order valence-corrected chi connectivity index (χ0v) is 14.2. The van der Waals surface area contributed by atoms with Crippen LogP contribution in [0.3, 0.4) is 0 Å². The average molecular weight is 343 g/mol. The minimum absolute atomic E-state index is 0.517. The Morgan fingerprint density at radius 3 is 2.92 bits per heavy atom. The van der Waals surface area contributed by atoms with Crippen molar-refractivity contribution >= 4 is 23.4 Å². The number of aromatic nitrogens is 4. The maximum Gasteiger partial charge on any atom is 0.177 e. The Morgan fingerprint density at radius 2 is 2.12 bits per heavy atom. The van der Waals surface area contributed by atoms with Crippen LogP contribution in [0.25, 0.3) is 16.9 Å². The molecule has 0 radical (unpaired) electrons. The first-order chi connectivity index (χ1) is 12.7. The highest BCUT2D eigenvalue weighted by atomic mass is 15.4. The molecule has 4 rings (SSSR count). The second kappa shape index (κ2) is 6.64. The minimum atomic E-state index is 0.517. The van der Waals surface area contributed by atoms with Crippen molar-refractivity contribution in [2.45, 2.75) is 6.92 Å². The van der Waals surface area contributed by atoms with Gasteiger partial charge in [0.2, 0.25) is 0 Å². The summed E-state index contributed by atoms with van der Waals surface area (Å²) in [5.74, 6) is 0.536. The SMILES string of the molecule is Cc1cccc(/C=N/Nc2cc(N)c3nc(-c4cccnc4)cn3n2)c1. The van der Waals surface area contributed by atoms with Crippen LogP contribution in [0.4, 0.5) is 11.5 Å². The van der Waals surface area contributed by atoms with Gasteiger partial charge >= 0.3 is 0 Å². The summed E-state index contributed by atoms with van der Waals surface area (Å²) < 4.78 is 1.64. The van der Waals surface area contributed by atoms with Crippen LogP contribution < -0.4 is 11.2 Å². The number of fused-ring (bicyclic) bond motifs is 1. The number of pyridine rings is 1. The summed E-state index contributed by atoms with van der Waals surface area (Å²) in [5.41, 5.74) is 14.0. The molecule has 0 aliphatic heterocycles. The van der Waals surface area contributed by atoms with E-state index in [1.165, 1.54) is 5.56 Å². The van der Waals surface area contributed by atoms with Gasteiger partial charge in [-0.25, -0.2) is 9.50 Å². The third-order valence-corrected chi connectivity index (χ3v) is 3.85. The van der Waals surface area contributed by atoms with Gasteiger partial charge in [-0.15, -0.1) is 5.10 Å². The number of hydrazone groups is 1. The summed E-state index contributed by atoms with van der Waals surface area (Å²) in [6.07, 6.45) is 7.03. The summed E-state index contributed by atoms with van der Waals surface area (Å²) in [6, 6.07) is 13.6. The lowest BCUT2D eigenvalue weighted by molar-refractivity contribution is 0.936. The molecule has 0 aliphatic carbocycles. The number of aryl methyl sites for hydroxylation is 1. The molecule has 128 valence electrons. The molecule has 0 saturated heterocycles. The fourth-order valence-electron chi connectivity index (χ4n) is 2.63. The molecule has 7 nitrogen and oxygen atoms in total. The van der Waals surface area contributed by atoms with Gasteiger partial charge in [-0.1, -0.05) is 29.8 Å². The van der Waals surface area contributed by atoms with Gasteiger partial charge in [-0.05, 0) is 24.6 Å². The molecule has 0 unspecified atom stereocenters. The number of nitrogens with one attached hydrogen (secondary N) is 1. The van der Waals surface area contributed by atoms with E-state index in [1.807, 2.05) is 49.5 Å². The monoisotopic (exact) mass is 343 g/mol. The highest BCUT2D eigenvalue weighted by Gasteiger charge is 2.09. The van der Waals surface area contributed by atoms with Gasteiger partial charge in [0, 0.05) is 24.0 Å². The van der Waals surface area contributed by atoms with Crippen molar-refractivity contribution in [2.75, 3.05) is 11.2 Å². The van der Waals surface area contributed by atoms with Gasteiger partial charge in [0.15, 0.2) is 11.5 Å². The van der Waals surface area contributed by atoms with Gasteiger partial charge in [-0.3, -0.25) is 10.4 Å². The highest BCUT2D eigenvalue weighted by Crippen LogP contribution is 2.22. The third-order valence-electron chi connectivity index (χ3n) is 3.85. The maximum absolute atomic E-state index is 6.12. The molecule has 7 heteroatoms. The van der Waals surface area contributed by atoms with Crippen molar-refractivity contribution < 1.29 is 0 Å². The predicted octanol–water partition coefficient (Wildman–Crippen LogP) is 3.13. The third kappa shape index (κ3) is 3.23. The van der Waals surface area contributed by atoms with E-state index in [0.29, 0.717) is 17.2 Å². The molecule has 0 spiro atoms. The topological polar surface area (TPSA) is 93.5 Å². The van der Waals surface area contributed by atoms with Gasteiger partial charge in [0.05, 0.1) is 23.8 Å². The van der Waals surface area contributed by atoms with Gasteiger partial charge < -0.3 is 5.73 Å². The largest absolute Gasteiger partial charge is 0.396 e. The smallest absolute Gasteiger partial charge is 0.177 e. The van der Waals surface area contributed by atoms with E-state index in [4.69, 9.17) is 5.73 Å². The molecule has 0 bridgehead atoms. The number of hydrogen-bond donors (Lipinski definition) is 2. The number of nitrogens with two attached hydrogens (primary N) is 1. The van der Waals surface area contributed by atoms with Crippen LogP contribution in [0, 0.1) is 6.92 Å². The van der Waals surface area contributed by atoms with E-state index in [1.54, 1.807) is 29.2 Å². The van der Waals surface area contributed by atoms with Crippen LogP contribution in [0.2, 0.25) is 0 Å². The molecule has 3 aromatic heterocycles. The minimum Gasteiger partial charge on any atom is -0.396 e. The van der Waals surface area contributed by atoms with Crippen molar-refractivity contribution in [3.05, 3.63) is 72.2 Å². The van der Waals surface area contributed by atoms with Gasteiger partial charge in [-0.2, -0.15) is 5.10 Å². The zero-order chi connectivity index (χ0) is 17.9. The number of hydrogen-bond acceptors (Lipinski definition) is 6. The lowest BCUT2D eigenvalue weighted by atomic mass is 10.2. The molecule has 3 N–H and O–H groups in total. The Hall–Kier alpha value is -3.74. The normalized spacial score (nSPS) is 11.3. The van der Waals surface area contributed by atoms with Crippen LogP contribution in [-0.2, 0) is 0 Å². The second-order valence-electron chi connectivity index (χ2n) is 5.91. The van der Waals surface area contributed by atoms with Crippen LogP contribution in [-0.4, -0.2) is 25.8 Å². The first kappa shape index (κ1) is 15.8. The second-order valence-corrected chi connectivity index (χ2v) is 5.91. The molecule has 0 fully saturated rings. The Kier molecular flexibility index (Phi) is 4.03. The predicted molar refractivity (Wildman–Crippen MR) is 103 cm³/mol. The lowest BCUT2D eigenvalue weighted by Gasteiger charge is -2.02. The summed E-state index contributed by atoms with van der Waals surface area (Å²) >= 11 is 0. The number of imidazole rings is 1. The van der Waals surface area contributed by atoms with Crippen LogP contribution >= 0.6 is 0 Å². The Labute approximate surface area is 150 Å². The average Bonchev–Trinajstić information content (AvgIpc) is 3.07. The molecule has 1 aromatic carbocycles. The lowest BCUT2D eigenvalue weighted by Crippen LogP contribution is -2.01. The summed E-state index contributed by atoms with van der Waals surface area (Å²) in [6.45, 7) is 2.04. The summed E-state index contributed by atoms with van der Waals surface area (Å²) in [5, 5.41) is 8.69.